The number of aliphatic hydroxyl groups is 1. The third-order valence-electron chi connectivity index (χ3n) is 5.07. The maximum Gasteiger partial charge on any atom is 0.201 e. The van der Waals surface area contributed by atoms with Crippen LogP contribution < -0.4 is 43.3 Å². The molecule has 0 aromatic heterocycles. The number of amidine groups is 1. The normalized spacial score (nSPS) is 17.8. The molecule has 0 amide bonds. The molecule has 1 aliphatic heterocycles. The van der Waals surface area contributed by atoms with Crippen molar-refractivity contribution in [3.05, 3.63) is 17.7 Å². The lowest BCUT2D eigenvalue weighted by atomic mass is 9.90. The number of piperidine rings is 1. The molecule has 1 aromatic rings. The Hall–Kier alpha value is -1.29. The molecule has 2 rings (SSSR count). The molecule has 170 valence electrons. The van der Waals surface area contributed by atoms with Gasteiger partial charge in [0.2, 0.25) is 4.90 Å². The van der Waals surface area contributed by atoms with E-state index in [2.05, 4.69) is 20.3 Å². The zero-order valence-electron chi connectivity index (χ0n) is 16.9. The summed E-state index contributed by atoms with van der Waals surface area (Å²) in [4.78, 5) is 3.20. The quantitative estimate of drug-likeness (QED) is 0.0352. The summed E-state index contributed by atoms with van der Waals surface area (Å²) in [6.07, 6.45) is 1.86. The van der Waals surface area contributed by atoms with Crippen LogP contribution in [0, 0.1) is 5.92 Å². The number of hydrazone groups is 1. The zero-order chi connectivity index (χ0) is 22.1. The zero-order valence-corrected chi connectivity index (χ0v) is 18.6. The van der Waals surface area contributed by atoms with E-state index in [0.717, 1.165) is 24.9 Å². The van der Waals surface area contributed by atoms with Crippen LogP contribution in [0.25, 0.3) is 0 Å². The van der Waals surface area contributed by atoms with E-state index in [1.165, 1.54) is 11.9 Å². The van der Waals surface area contributed by atoms with Crippen LogP contribution in [0.3, 0.4) is 0 Å². The van der Waals surface area contributed by atoms with Gasteiger partial charge in [-0.3, -0.25) is 4.72 Å². The van der Waals surface area contributed by atoms with Crippen LogP contribution >= 0.6 is 11.9 Å². The lowest BCUT2D eigenvalue weighted by Gasteiger charge is -2.36. The van der Waals surface area contributed by atoms with Gasteiger partial charge >= 0.3 is 0 Å². The van der Waals surface area contributed by atoms with Gasteiger partial charge in [-0.1, -0.05) is 0 Å². The number of nitrogens with two attached hydrogens (primary N) is 5. The van der Waals surface area contributed by atoms with Crippen molar-refractivity contribution in [1.29, 1.82) is 0 Å². The van der Waals surface area contributed by atoms with Gasteiger partial charge in [-0.05, 0) is 55.8 Å². The highest BCUT2D eigenvalue weighted by Crippen LogP contribution is 2.36. The van der Waals surface area contributed by atoms with Crippen molar-refractivity contribution in [2.75, 3.05) is 37.6 Å². The van der Waals surface area contributed by atoms with Gasteiger partial charge in [0.1, 0.15) is 5.56 Å². The van der Waals surface area contributed by atoms with Crippen molar-refractivity contribution in [2.45, 2.75) is 35.2 Å². The number of benzene rings is 1. The summed E-state index contributed by atoms with van der Waals surface area (Å²) in [5.41, 5.74) is 20.8. The fourth-order valence-corrected chi connectivity index (χ4v) is 5.27. The second kappa shape index (κ2) is 12.5. The van der Waals surface area contributed by atoms with Crippen LogP contribution in [0.1, 0.15) is 24.8 Å². The van der Waals surface area contributed by atoms with Crippen molar-refractivity contribution >= 4 is 34.8 Å². The van der Waals surface area contributed by atoms with E-state index in [0.29, 0.717) is 41.5 Å². The fraction of sp³-hybridized carbons (Fsp3) is 0.588. The van der Waals surface area contributed by atoms with Crippen molar-refractivity contribution < 1.29 is 9.66 Å². The highest BCUT2D eigenvalue weighted by Gasteiger charge is 2.31. The summed E-state index contributed by atoms with van der Waals surface area (Å²) in [5.74, 6) is 5.57. The number of anilines is 1. The number of rotatable bonds is 11. The molecule has 1 aliphatic rings. The van der Waals surface area contributed by atoms with E-state index >= 15 is 0 Å². The van der Waals surface area contributed by atoms with E-state index < -0.39 is 17.5 Å². The first-order valence-corrected chi connectivity index (χ1v) is 11.8. The lowest BCUT2D eigenvalue weighted by molar-refractivity contribution is 0.100. The number of nitrogens with zero attached hydrogens (tertiary/aromatic N) is 2. The number of aliphatic hydroxyl groups excluding tert-OH is 1. The lowest BCUT2D eigenvalue weighted by Crippen LogP contribution is -2.41. The average Bonchev–Trinajstić information content (AvgIpc) is 2.75. The van der Waals surface area contributed by atoms with Gasteiger partial charge in [-0.2, -0.15) is 0 Å². The monoisotopic (exact) mass is 459 g/mol. The van der Waals surface area contributed by atoms with E-state index in [-0.39, 0.29) is 18.3 Å². The Labute approximate surface area is 184 Å². The van der Waals surface area contributed by atoms with Crippen LogP contribution in [0.4, 0.5) is 5.69 Å². The summed E-state index contributed by atoms with van der Waals surface area (Å²) >= 11 is -0.491. The molecule has 0 saturated carbocycles. The number of hydrazine groups is 1. The molecule has 30 heavy (non-hydrogen) atoms. The molecular weight excluding hydrogens is 426 g/mol. The highest BCUT2D eigenvalue weighted by molar-refractivity contribution is 7.98. The van der Waals surface area contributed by atoms with Crippen molar-refractivity contribution in [3.8, 4) is 0 Å². The fourth-order valence-electron chi connectivity index (χ4n) is 3.49. The van der Waals surface area contributed by atoms with Crippen LogP contribution in [-0.2, 0) is 11.4 Å². The molecule has 1 aromatic carbocycles. The Morgan fingerprint density at radius 1 is 1.37 bits per heavy atom. The standard InChI is InChI=1S/C17H33N9O2S2/c18-6-1-7-23-29-14-3-2-12(15(16(14)30(22)28)17(20)24-25-21)26-8-4-11(5-9-26)13(27)10-19/h2-3,11,13,23,25,27H,1,4-10,18-19,21-22H2,(H2,20,24). The molecule has 0 spiro atoms. The molecule has 0 aliphatic carbocycles. The predicted octanol–water partition coefficient (Wildman–Crippen LogP) is -1.77. The minimum absolute atomic E-state index is 0.0924. The summed E-state index contributed by atoms with van der Waals surface area (Å²) in [6.45, 7) is 2.90. The van der Waals surface area contributed by atoms with Gasteiger partial charge in [-0.15, -0.1) is 10.2 Å². The Balaban J connectivity index is 2.37. The molecule has 0 bridgehead atoms. The second-order valence-corrected chi connectivity index (χ2v) is 8.91. The van der Waals surface area contributed by atoms with Crippen LogP contribution in [-0.4, -0.2) is 54.3 Å². The second-order valence-electron chi connectivity index (χ2n) is 6.98. The Bertz CT molecular complexity index is 700. The van der Waals surface area contributed by atoms with E-state index in [9.17, 15) is 9.66 Å². The van der Waals surface area contributed by atoms with Crippen molar-refractivity contribution in [3.63, 3.8) is 0 Å². The minimum atomic E-state index is -1.81. The summed E-state index contributed by atoms with van der Waals surface area (Å²) in [5, 5.41) is 19.8. The van der Waals surface area contributed by atoms with Crippen molar-refractivity contribution in [2.24, 2.45) is 39.2 Å². The van der Waals surface area contributed by atoms with E-state index in [1.807, 2.05) is 12.1 Å². The maximum atomic E-state index is 12.5. The Morgan fingerprint density at radius 3 is 2.63 bits per heavy atom. The number of hydrogen-bond acceptors (Lipinski definition) is 11. The van der Waals surface area contributed by atoms with Crippen LogP contribution in [0.2, 0.25) is 0 Å². The van der Waals surface area contributed by atoms with Gasteiger partial charge in [0.05, 0.1) is 28.0 Å². The highest BCUT2D eigenvalue weighted by atomic mass is 32.2. The van der Waals surface area contributed by atoms with E-state index in [4.69, 9.17) is 28.2 Å². The summed E-state index contributed by atoms with van der Waals surface area (Å²) in [7, 11) is 0. The van der Waals surface area contributed by atoms with Gasteiger partial charge < -0.3 is 31.8 Å². The van der Waals surface area contributed by atoms with Gasteiger partial charge in [0.15, 0.2) is 5.84 Å². The topological polar surface area (TPSA) is 213 Å². The molecule has 1 saturated heterocycles. The largest absolute Gasteiger partial charge is 0.593 e. The summed E-state index contributed by atoms with van der Waals surface area (Å²) in [6, 6.07) is 3.78. The molecule has 1 fully saturated rings. The summed E-state index contributed by atoms with van der Waals surface area (Å²) < 4.78 is 15.7. The smallest absolute Gasteiger partial charge is 0.201 e. The van der Waals surface area contributed by atoms with Crippen molar-refractivity contribution in [1.82, 2.24) is 10.3 Å². The minimum Gasteiger partial charge on any atom is -0.593 e. The van der Waals surface area contributed by atoms with E-state index in [1.54, 1.807) is 0 Å². The molecule has 11 nitrogen and oxygen atoms in total. The third-order valence-corrected chi connectivity index (χ3v) is 6.94. The predicted molar refractivity (Wildman–Crippen MR) is 123 cm³/mol. The van der Waals surface area contributed by atoms with Crippen LogP contribution in [0.5, 0.6) is 0 Å². The Morgan fingerprint density at radius 2 is 2.07 bits per heavy atom. The SMILES string of the molecule is NCCCNSc1ccc(N2CCC(C(O)CN)CC2)c(/C(N)=N/NN)c1[S+](N)[O-]. The first-order valence-electron chi connectivity index (χ1n) is 9.79. The molecule has 2 unspecified atom stereocenters. The number of hydrogen-bond donors (Lipinski definition) is 8. The maximum absolute atomic E-state index is 12.5. The molecule has 1 heterocycles. The Kier molecular flexibility index (Phi) is 10.4. The van der Waals surface area contributed by atoms with Gasteiger partial charge in [-0.25, -0.2) is 11.4 Å². The molecular formula is C17H33N9O2S2. The first kappa shape index (κ1) is 25.0. The van der Waals surface area contributed by atoms with Gasteiger partial charge in [0.25, 0.3) is 0 Å². The van der Waals surface area contributed by atoms with Gasteiger partial charge in [0, 0.05) is 26.2 Å². The molecule has 13 heteroatoms. The third kappa shape index (κ3) is 6.35. The number of nitrogens with one attached hydrogen (secondary N) is 2. The molecule has 13 N–H and O–H groups in total. The van der Waals surface area contributed by atoms with Crippen LogP contribution in [0.15, 0.2) is 27.0 Å². The first-order chi connectivity index (χ1) is 14.4. The molecule has 2 atom stereocenters. The average molecular weight is 460 g/mol. The molecule has 0 radical (unpaired) electrons.